The summed E-state index contributed by atoms with van der Waals surface area (Å²) >= 11 is 0. The normalized spacial score (nSPS) is 17.8. The number of carbonyl (C=O) groups is 4. The smallest absolute Gasteiger partial charge is 0.325 e. The second kappa shape index (κ2) is 8.86. The molecule has 0 saturated carbocycles. The Bertz CT molecular complexity index is 1000. The van der Waals surface area contributed by atoms with Crippen LogP contribution < -0.4 is 20.7 Å². The molecule has 5 amide bonds. The van der Waals surface area contributed by atoms with E-state index in [1.54, 1.807) is 62.6 Å². The van der Waals surface area contributed by atoms with Crippen LogP contribution in [0.5, 0.6) is 5.75 Å². The van der Waals surface area contributed by atoms with Gasteiger partial charge in [0.25, 0.3) is 11.8 Å². The Morgan fingerprint density at radius 2 is 1.71 bits per heavy atom. The molecule has 1 aliphatic rings. The monoisotopic (exact) mass is 424 g/mol. The van der Waals surface area contributed by atoms with E-state index in [1.165, 1.54) is 7.05 Å². The average Bonchev–Trinajstić information content (AvgIpc) is 3.04. The summed E-state index contributed by atoms with van der Waals surface area (Å²) in [7, 11) is 3.07. The first kappa shape index (κ1) is 21.8. The molecule has 1 fully saturated rings. The summed E-state index contributed by atoms with van der Waals surface area (Å²) < 4.78 is 5.15. The lowest BCUT2D eigenvalue weighted by molar-refractivity contribution is -0.134. The Balaban J connectivity index is 1.72. The van der Waals surface area contributed by atoms with Crippen molar-refractivity contribution in [1.82, 2.24) is 15.5 Å². The molecule has 0 aliphatic carbocycles. The van der Waals surface area contributed by atoms with Gasteiger partial charge in [-0.1, -0.05) is 19.1 Å². The summed E-state index contributed by atoms with van der Waals surface area (Å²) in [5, 5.41) is 7.88. The number of methoxy groups -OCH3 is 1. The molecule has 2 aromatic carbocycles. The molecule has 31 heavy (non-hydrogen) atoms. The van der Waals surface area contributed by atoms with Crippen molar-refractivity contribution in [1.29, 1.82) is 0 Å². The van der Waals surface area contributed by atoms with Crippen molar-refractivity contribution < 1.29 is 23.9 Å². The van der Waals surface area contributed by atoms with E-state index < -0.39 is 29.9 Å². The summed E-state index contributed by atoms with van der Waals surface area (Å²) in [4.78, 5) is 50.7. The van der Waals surface area contributed by atoms with Gasteiger partial charge in [0, 0.05) is 18.3 Å². The van der Waals surface area contributed by atoms with Gasteiger partial charge in [-0.25, -0.2) is 4.79 Å². The Morgan fingerprint density at radius 1 is 1.06 bits per heavy atom. The first-order valence-electron chi connectivity index (χ1n) is 9.75. The molecular formula is C22H24N4O5. The number of ether oxygens (including phenoxy) is 1. The summed E-state index contributed by atoms with van der Waals surface area (Å²) in [6, 6.07) is 12.5. The number of nitrogens with one attached hydrogen (secondary N) is 3. The van der Waals surface area contributed by atoms with Crippen LogP contribution in [0.2, 0.25) is 0 Å². The number of carbonyl (C=O) groups excluding carboxylic acids is 4. The molecule has 0 radical (unpaired) electrons. The molecule has 1 heterocycles. The number of nitrogens with zero attached hydrogens (tertiary/aromatic N) is 1. The number of imide groups is 1. The highest BCUT2D eigenvalue weighted by molar-refractivity contribution is 6.10. The highest BCUT2D eigenvalue weighted by Gasteiger charge is 2.51. The molecule has 2 aromatic rings. The first-order valence-corrected chi connectivity index (χ1v) is 9.75. The lowest BCUT2D eigenvalue weighted by atomic mass is 9.87. The topological polar surface area (TPSA) is 117 Å². The van der Waals surface area contributed by atoms with Crippen LogP contribution >= 0.6 is 0 Å². The number of hydrogen-bond acceptors (Lipinski definition) is 5. The van der Waals surface area contributed by atoms with Crippen LogP contribution in [-0.2, 0) is 15.1 Å². The maximum atomic E-state index is 13.2. The SMILES string of the molecule is CC[C@]1(c2ccc(OC)cc2)NC(=O)N(CC(=O)Nc2ccc(C(=O)NC)cc2)C1=O. The van der Waals surface area contributed by atoms with E-state index in [2.05, 4.69) is 16.0 Å². The molecule has 1 atom stereocenters. The van der Waals surface area contributed by atoms with Crippen molar-refractivity contribution in [2.75, 3.05) is 26.0 Å². The fraction of sp³-hybridized carbons (Fsp3) is 0.273. The molecule has 0 bridgehead atoms. The fourth-order valence-electron chi connectivity index (χ4n) is 3.48. The number of hydrogen-bond donors (Lipinski definition) is 3. The maximum absolute atomic E-state index is 13.2. The lowest BCUT2D eigenvalue weighted by Crippen LogP contribution is -2.44. The molecule has 3 N–H and O–H groups in total. The second-order valence-corrected chi connectivity index (χ2v) is 7.01. The molecule has 9 heteroatoms. The number of benzene rings is 2. The summed E-state index contributed by atoms with van der Waals surface area (Å²) in [5.74, 6) is -0.634. The van der Waals surface area contributed by atoms with Crippen LogP contribution in [0.25, 0.3) is 0 Å². The highest BCUT2D eigenvalue weighted by atomic mass is 16.5. The first-order chi connectivity index (χ1) is 14.8. The van der Waals surface area contributed by atoms with Crippen LogP contribution in [0.1, 0.15) is 29.3 Å². The zero-order valence-electron chi connectivity index (χ0n) is 17.5. The van der Waals surface area contributed by atoms with Crippen molar-refractivity contribution in [3.8, 4) is 5.75 Å². The number of amides is 5. The van der Waals surface area contributed by atoms with Crippen molar-refractivity contribution in [2.45, 2.75) is 18.9 Å². The number of anilines is 1. The van der Waals surface area contributed by atoms with Gasteiger partial charge >= 0.3 is 6.03 Å². The zero-order chi connectivity index (χ0) is 22.6. The third-order valence-corrected chi connectivity index (χ3v) is 5.25. The van der Waals surface area contributed by atoms with Crippen molar-refractivity contribution >= 4 is 29.4 Å². The van der Waals surface area contributed by atoms with E-state index in [0.717, 1.165) is 4.90 Å². The van der Waals surface area contributed by atoms with Crippen LogP contribution in [0.15, 0.2) is 48.5 Å². The predicted molar refractivity (Wildman–Crippen MR) is 114 cm³/mol. The molecule has 0 unspecified atom stereocenters. The van der Waals surface area contributed by atoms with Crippen LogP contribution in [0, 0.1) is 0 Å². The largest absolute Gasteiger partial charge is 0.497 e. The molecule has 1 aliphatic heterocycles. The molecule has 9 nitrogen and oxygen atoms in total. The lowest BCUT2D eigenvalue weighted by Gasteiger charge is -2.26. The molecule has 1 saturated heterocycles. The van der Waals surface area contributed by atoms with Gasteiger partial charge in [-0.2, -0.15) is 0 Å². The minimum absolute atomic E-state index is 0.244. The molecule has 3 rings (SSSR count). The van der Waals surface area contributed by atoms with Crippen LogP contribution in [-0.4, -0.2) is 49.4 Å². The third-order valence-electron chi connectivity index (χ3n) is 5.25. The van der Waals surface area contributed by atoms with E-state index in [4.69, 9.17) is 4.74 Å². The Hall–Kier alpha value is -3.88. The van der Waals surface area contributed by atoms with Crippen molar-refractivity contribution in [3.05, 3.63) is 59.7 Å². The summed E-state index contributed by atoms with van der Waals surface area (Å²) in [6.45, 7) is 1.36. The predicted octanol–water partition coefficient (Wildman–Crippen LogP) is 1.85. The summed E-state index contributed by atoms with van der Waals surface area (Å²) in [6.07, 6.45) is 0.322. The fourth-order valence-corrected chi connectivity index (χ4v) is 3.48. The van der Waals surface area contributed by atoms with Crippen molar-refractivity contribution in [2.24, 2.45) is 0 Å². The van der Waals surface area contributed by atoms with Gasteiger partial charge in [0.2, 0.25) is 5.91 Å². The van der Waals surface area contributed by atoms with Crippen LogP contribution in [0.4, 0.5) is 10.5 Å². The van der Waals surface area contributed by atoms with E-state index >= 15 is 0 Å². The average molecular weight is 424 g/mol. The van der Waals surface area contributed by atoms with E-state index in [1.807, 2.05) is 0 Å². The Kier molecular flexibility index (Phi) is 6.24. The third kappa shape index (κ3) is 4.20. The minimum Gasteiger partial charge on any atom is -0.497 e. The zero-order valence-corrected chi connectivity index (χ0v) is 17.5. The minimum atomic E-state index is -1.24. The summed E-state index contributed by atoms with van der Waals surface area (Å²) in [5.41, 5.74) is 0.268. The van der Waals surface area contributed by atoms with Gasteiger partial charge in [-0.15, -0.1) is 0 Å². The van der Waals surface area contributed by atoms with Gasteiger partial charge in [-0.3, -0.25) is 19.3 Å². The van der Waals surface area contributed by atoms with E-state index in [0.29, 0.717) is 29.0 Å². The van der Waals surface area contributed by atoms with Gasteiger partial charge < -0.3 is 20.7 Å². The van der Waals surface area contributed by atoms with Gasteiger partial charge in [0.1, 0.15) is 17.8 Å². The molecule has 162 valence electrons. The standard InChI is InChI=1S/C22H24N4O5/c1-4-22(15-7-11-17(31-3)12-8-15)20(29)26(21(30)25-22)13-18(27)24-16-9-5-14(6-10-16)19(28)23-2/h5-12H,4,13H2,1-3H3,(H,23,28)(H,24,27)(H,25,30)/t22-/m1/s1. The Morgan fingerprint density at radius 3 is 2.26 bits per heavy atom. The number of urea groups is 1. The maximum Gasteiger partial charge on any atom is 0.325 e. The second-order valence-electron chi connectivity index (χ2n) is 7.01. The van der Waals surface area contributed by atoms with Gasteiger partial charge in [0.15, 0.2) is 0 Å². The highest BCUT2D eigenvalue weighted by Crippen LogP contribution is 2.33. The van der Waals surface area contributed by atoms with E-state index in [-0.39, 0.29) is 5.91 Å². The van der Waals surface area contributed by atoms with E-state index in [9.17, 15) is 19.2 Å². The Labute approximate surface area is 179 Å². The van der Waals surface area contributed by atoms with Crippen LogP contribution in [0.3, 0.4) is 0 Å². The van der Waals surface area contributed by atoms with Gasteiger partial charge in [-0.05, 0) is 48.4 Å². The number of rotatable bonds is 7. The van der Waals surface area contributed by atoms with Gasteiger partial charge in [0.05, 0.1) is 7.11 Å². The molecular weight excluding hydrogens is 400 g/mol. The quantitative estimate of drug-likeness (QED) is 0.587. The molecule has 0 aromatic heterocycles. The molecule has 0 spiro atoms. The van der Waals surface area contributed by atoms with Crippen molar-refractivity contribution in [3.63, 3.8) is 0 Å².